The van der Waals surface area contributed by atoms with E-state index in [-0.39, 0.29) is 55.0 Å². The Balaban J connectivity index is 0.00000182. The van der Waals surface area contributed by atoms with E-state index in [4.69, 9.17) is 4.52 Å². The Bertz CT molecular complexity index is 809. The smallest absolute Gasteiger partial charge is 0.731 e. The fourth-order valence-electron chi connectivity index (χ4n) is 3.13. The van der Waals surface area contributed by atoms with E-state index in [1.165, 1.54) is 4.90 Å². The van der Waals surface area contributed by atoms with Crippen molar-refractivity contribution in [2.45, 2.75) is 43.8 Å². The fourth-order valence-corrected chi connectivity index (χ4v) is 4.02. The molecule has 1 aromatic rings. The van der Waals surface area contributed by atoms with Crippen LogP contribution < -0.4 is 34.9 Å². The molecule has 0 bridgehead atoms. The number of fused-ring (bicyclic) bond motifs is 1. The molecule has 2 aliphatic heterocycles. The second-order valence-electron chi connectivity index (χ2n) is 6.07. The van der Waals surface area contributed by atoms with E-state index in [0.717, 1.165) is 12.8 Å². The molecule has 1 aliphatic carbocycles. The van der Waals surface area contributed by atoms with Crippen LogP contribution in [0.3, 0.4) is 0 Å². The van der Waals surface area contributed by atoms with Crippen molar-refractivity contribution in [2.75, 3.05) is 6.54 Å². The normalized spacial score (nSPS) is 25.2. The molecule has 1 N–H and O–H groups in total. The first-order chi connectivity index (χ1) is 11.4. The minimum atomic E-state index is -4.83. The van der Waals surface area contributed by atoms with Crippen molar-refractivity contribution in [3.8, 4) is 0 Å². The van der Waals surface area contributed by atoms with Crippen LogP contribution in [0, 0.1) is 0 Å². The average molecular weight is 379 g/mol. The zero-order valence-corrected chi connectivity index (χ0v) is 16.2. The number of carbonyl (C=O) groups is 2. The molecule has 25 heavy (non-hydrogen) atoms. The molecule has 11 nitrogen and oxygen atoms in total. The van der Waals surface area contributed by atoms with Crippen molar-refractivity contribution in [3.63, 3.8) is 0 Å². The Morgan fingerprint density at radius 1 is 1.36 bits per heavy atom. The third kappa shape index (κ3) is 3.28. The van der Waals surface area contributed by atoms with Crippen molar-refractivity contribution >= 4 is 22.2 Å². The van der Waals surface area contributed by atoms with Crippen molar-refractivity contribution < 1.29 is 56.6 Å². The maximum absolute atomic E-state index is 12.2. The molecule has 4 rings (SSSR count). The van der Waals surface area contributed by atoms with Gasteiger partial charge in [-0.05, 0) is 19.3 Å². The quantitative estimate of drug-likeness (QED) is 0.315. The Labute approximate surface area is 165 Å². The van der Waals surface area contributed by atoms with Gasteiger partial charge in [0.05, 0.1) is 12.6 Å². The Kier molecular flexibility index (Phi) is 4.83. The van der Waals surface area contributed by atoms with Gasteiger partial charge >= 0.3 is 35.6 Å². The molecule has 3 heterocycles. The molecule has 1 saturated carbocycles. The number of carbonyl (C=O) groups excluding carboxylic acids is 2. The fraction of sp³-hybridized carbons (Fsp3) is 0.667. The molecule has 3 amide bonds. The van der Waals surface area contributed by atoms with Crippen molar-refractivity contribution in [1.82, 2.24) is 24.7 Å². The van der Waals surface area contributed by atoms with Gasteiger partial charge in [-0.1, -0.05) is 5.16 Å². The van der Waals surface area contributed by atoms with Crippen LogP contribution in [-0.2, 0) is 21.6 Å². The van der Waals surface area contributed by atoms with Gasteiger partial charge in [-0.3, -0.25) is 4.79 Å². The van der Waals surface area contributed by atoms with Gasteiger partial charge in [-0.15, -0.1) is 0 Å². The minimum Gasteiger partial charge on any atom is -0.731 e. The van der Waals surface area contributed by atoms with Gasteiger partial charge < -0.3 is 19.3 Å². The molecule has 2 atom stereocenters. The van der Waals surface area contributed by atoms with E-state index in [1.807, 2.05) is 0 Å². The van der Waals surface area contributed by atoms with Gasteiger partial charge in [0.15, 0.2) is 16.1 Å². The van der Waals surface area contributed by atoms with E-state index in [1.54, 1.807) is 0 Å². The predicted molar refractivity (Wildman–Crippen MR) is 74.0 cm³/mol. The van der Waals surface area contributed by atoms with Crippen molar-refractivity contribution in [2.24, 2.45) is 0 Å². The van der Waals surface area contributed by atoms with Crippen LogP contribution in [-0.4, -0.2) is 62.9 Å². The van der Waals surface area contributed by atoms with Gasteiger partial charge in [0.2, 0.25) is 5.89 Å². The third-order valence-corrected chi connectivity index (χ3v) is 5.39. The van der Waals surface area contributed by atoms with Crippen LogP contribution in [0.1, 0.15) is 36.9 Å². The average Bonchev–Trinajstić information content (AvgIpc) is 3.12. The van der Waals surface area contributed by atoms with Gasteiger partial charge in [-0.25, -0.2) is 17.5 Å². The summed E-state index contributed by atoms with van der Waals surface area (Å²) < 4.78 is 38.4. The molecular formula is C12H14N5NaO6S. The van der Waals surface area contributed by atoms with Crippen LogP contribution in [0.4, 0.5) is 4.79 Å². The number of hydrogen-bond donors (Lipinski definition) is 1. The summed E-state index contributed by atoms with van der Waals surface area (Å²) in [6.07, 6.45) is 2.31. The largest absolute Gasteiger partial charge is 1.00 e. The van der Waals surface area contributed by atoms with Crippen LogP contribution >= 0.6 is 0 Å². The SMILES string of the molecule is O=C(NCc1nc(C2CC2)no1)N1CC[C@@H]2[C@H]1C(=O)N2S(=O)(=O)[O-].[Na+]. The molecular weight excluding hydrogens is 365 g/mol. The van der Waals surface area contributed by atoms with Gasteiger partial charge in [0.25, 0.3) is 5.91 Å². The molecule has 0 spiro atoms. The summed E-state index contributed by atoms with van der Waals surface area (Å²) in [6, 6.07) is -2.21. The Morgan fingerprint density at radius 2 is 2.08 bits per heavy atom. The van der Waals surface area contributed by atoms with Gasteiger partial charge in [0, 0.05) is 12.5 Å². The van der Waals surface area contributed by atoms with E-state index in [2.05, 4.69) is 15.5 Å². The van der Waals surface area contributed by atoms with Gasteiger partial charge in [0.1, 0.15) is 6.04 Å². The number of rotatable bonds is 4. The van der Waals surface area contributed by atoms with Crippen LogP contribution in [0.15, 0.2) is 4.52 Å². The van der Waals surface area contributed by atoms with E-state index in [0.29, 0.717) is 16.0 Å². The van der Waals surface area contributed by atoms with Crippen LogP contribution in [0.2, 0.25) is 0 Å². The summed E-state index contributed by atoms with van der Waals surface area (Å²) in [5.41, 5.74) is 0. The Hall–Kier alpha value is -1.21. The number of β-lactam (4-membered cyclic amide) rings is 1. The second kappa shape index (κ2) is 6.50. The summed E-state index contributed by atoms with van der Waals surface area (Å²) >= 11 is 0. The van der Waals surface area contributed by atoms with E-state index in [9.17, 15) is 22.6 Å². The summed E-state index contributed by atoms with van der Waals surface area (Å²) in [7, 11) is -4.83. The number of hydrogen-bond acceptors (Lipinski definition) is 8. The monoisotopic (exact) mass is 379 g/mol. The molecule has 0 aromatic carbocycles. The predicted octanol–water partition coefficient (Wildman–Crippen LogP) is -4.09. The number of urea groups is 1. The van der Waals surface area contributed by atoms with Crippen LogP contribution in [0.5, 0.6) is 0 Å². The van der Waals surface area contributed by atoms with Crippen molar-refractivity contribution in [3.05, 3.63) is 11.7 Å². The topological polar surface area (TPSA) is 149 Å². The number of aromatic nitrogens is 2. The maximum atomic E-state index is 12.2. The zero-order valence-electron chi connectivity index (χ0n) is 13.4. The molecule has 2 saturated heterocycles. The number of likely N-dealkylation sites (tertiary alicyclic amines) is 1. The summed E-state index contributed by atoms with van der Waals surface area (Å²) in [5, 5.41) is 6.39. The molecule has 0 radical (unpaired) electrons. The first kappa shape index (κ1) is 18.6. The maximum Gasteiger partial charge on any atom is 1.00 e. The van der Waals surface area contributed by atoms with Crippen molar-refractivity contribution in [1.29, 1.82) is 0 Å². The van der Waals surface area contributed by atoms with E-state index >= 15 is 0 Å². The molecule has 3 fully saturated rings. The first-order valence-electron chi connectivity index (χ1n) is 7.52. The van der Waals surface area contributed by atoms with Gasteiger partial charge in [-0.2, -0.15) is 4.98 Å². The summed E-state index contributed by atoms with van der Waals surface area (Å²) in [4.78, 5) is 29.4. The number of nitrogens with one attached hydrogen (secondary N) is 1. The molecule has 130 valence electrons. The molecule has 1 aromatic heterocycles. The Morgan fingerprint density at radius 3 is 2.72 bits per heavy atom. The summed E-state index contributed by atoms with van der Waals surface area (Å²) in [6.45, 7) is 0.209. The third-order valence-electron chi connectivity index (χ3n) is 4.46. The van der Waals surface area contributed by atoms with E-state index < -0.39 is 34.3 Å². The second-order valence-corrected chi connectivity index (χ2v) is 7.31. The first-order valence-corrected chi connectivity index (χ1v) is 8.89. The zero-order chi connectivity index (χ0) is 17.1. The minimum absolute atomic E-state index is 0. The molecule has 3 aliphatic rings. The standard InChI is InChI=1S/C12H15N5O6S.Na/c18-11-9-7(17(11)24(20,21)22)3-4-16(9)12(19)13-5-8-14-10(15-23-8)6-1-2-6;/h6-7,9H,1-5H2,(H,13,19)(H,20,21,22);/q;+1/p-1/t7-,9+;/m1./s1. The number of nitrogens with zero attached hydrogens (tertiary/aromatic N) is 4. The summed E-state index contributed by atoms with van der Waals surface area (Å²) in [5.74, 6) is 0.372. The van der Waals surface area contributed by atoms with Crippen LogP contribution in [0.25, 0.3) is 0 Å². The molecule has 13 heteroatoms. The molecule has 0 unspecified atom stereocenters. The number of amides is 3.